The molecule has 0 radical (unpaired) electrons. The first-order valence-corrected chi connectivity index (χ1v) is 20.5. The smallest absolute Gasteiger partial charge is 0.870 e. The second-order valence-corrected chi connectivity index (χ2v) is 18.6. The van der Waals surface area contributed by atoms with Crippen molar-refractivity contribution in [2.24, 2.45) is 0 Å². The zero-order valence-corrected chi connectivity index (χ0v) is 35.2. The number of carbonyl (C=O) groups excluding carboxylic acids is 1. The van der Waals surface area contributed by atoms with Crippen molar-refractivity contribution in [3.05, 3.63) is 108 Å². The normalized spacial score (nSPS) is 11.3. The first-order chi connectivity index (χ1) is 26.4. The van der Waals surface area contributed by atoms with Gasteiger partial charge in [-0.2, -0.15) is 0 Å². The number of benzene rings is 4. The SMILES string of the molecule is CC(C)(Sc1ccc2nccc(Nc3ccc4scnc4c3)c2c1)C(=O)O.COC(=O)C(C)(C)Sc1ccc2nccc(Nc3ccc4scnc4c3)c2c1.[Li+].[OH-]. The van der Waals surface area contributed by atoms with E-state index in [1.165, 1.54) is 30.6 Å². The van der Waals surface area contributed by atoms with Gasteiger partial charge in [0.2, 0.25) is 0 Å². The Morgan fingerprint density at radius 3 is 1.53 bits per heavy atom. The van der Waals surface area contributed by atoms with Crippen LogP contribution in [0.25, 0.3) is 42.2 Å². The summed E-state index contributed by atoms with van der Waals surface area (Å²) in [6, 6.07) is 28.0. The summed E-state index contributed by atoms with van der Waals surface area (Å²) in [5.74, 6) is -1.09. The molecule has 0 aliphatic heterocycles. The second-order valence-electron chi connectivity index (χ2n) is 13.4. The molecule has 0 bridgehead atoms. The third-order valence-corrected chi connectivity index (χ3v) is 12.5. The van der Waals surface area contributed by atoms with Gasteiger partial charge >= 0.3 is 30.8 Å². The van der Waals surface area contributed by atoms with Gasteiger partial charge in [-0.3, -0.25) is 19.6 Å². The summed E-state index contributed by atoms with van der Waals surface area (Å²) in [4.78, 5) is 43.0. The van der Waals surface area contributed by atoms with Crippen LogP contribution in [0.5, 0.6) is 0 Å². The molecule has 8 aromatic rings. The van der Waals surface area contributed by atoms with Gasteiger partial charge in [0.05, 0.1) is 49.6 Å². The average molecular weight is 829 g/mol. The quantitative estimate of drug-likeness (QED) is 0.0690. The van der Waals surface area contributed by atoms with E-state index < -0.39 is 15.5 Å². The number of carboxylic acids is 1. The number of nitrogens with one attached hydrogen (secondary N) is 2. The Bertz CT molecular complexity index is 2700. The van der Waals surface area contributed by atoms with Crippen LogP contribution in [0.4, 0.5) is 22.7 Å². The largest absolute Gasteiger partial charge is 1.00 e. The summed E-state index contributed by atoms with van der Waals surface area (Å²) in [6.45, 7) is 7.13. The fourth-order valence-electron chi connectivity index (χ4n) is 5.70. The summed E-state index contributed by atoms with van der Waals surface area (Å²) in [7, 11) is 1.41. The summed E-state index contributed by atoms with van der Waals surface area (Å²) >= 11 is 6.04. The van der Waals surface area contributed by atoms with Crippen molar-refractivity contribution < 1.29 is 43.8 Å². The van der Waals surface area contributed by atoms with Gasteiger partial charge in [-0.1, -0.05) is 0 Å². The van der Waals surface area contributed by atoms with Crippen molar-refractivity contribution in [3.8, 4) is 0 Å². The molecule has 0 saturated carbocycles. The maximum Gasteiger partial charge on any atom is 1.00 e. The van der Waals surface area contributed by atoms with E-state index in [9.17, 15) is 14.7 Å². The number of nitrogens with zero attached hydrogens (tertiary/aromatic N) is 4. The molecule has 8 rings (SSSR count). The minimum atomic E-state index is -0.904. The Morgan fingerprint density at radius 2 is 1.09 bits per heavy atom. The minimum absolute atomic E-state index is 0. The Hall–Kier alpha value is -4.72. The molecule has 286 valence electrons. The molecule has 0 spiro atoms. The summed E-state index contributed by atoms with van der Waals surface area (Å²) < 4.78 is 5.65. The van der Waals surface area contributed by atoms with Crippen LogP contribution in [-0.2, 0) is 14.3 Å². The summed E-state index contributed by atoms with van der Waals surface area (Å²) in [5, 5.41) is 18.2. The first-order valence-electron chi connectivity index (χ1n) is 17.1. The number of methoxy groups -OCH3 is 1. The predicted octanol–water partition coefficient (Wildman–Crippen LogP) is 8.00. The number of rotatable bonds is 10. The molecule has 0 atom stereocenters. The van der Waals surface area contributed by atoms with E-state index in [0.29, 0.717) is 0 Å². The summed E-state index contributed by atoms with van der Waals surface area (Å²) in [5.41, 5.74) is 11.2. The van der Waals surface area contributed by atoms with Gasteiger partial charge in [-0.25, -0.2) is 9.97 Å². The number of carbonyl (C=O) groups is 2. The van der Waals surface area contributed by atoms with Gasteiger partial charge < -0.3 is 26.0 Å². The van der Waals surface area contributed by atoms with Gasteiger partial charge in [0.15, 0.2) is 0 Å². The molecule has 0 saturated heterocycles. The number of esters is 1. The number of hydrogen-bond donors (Lipinski definition) is 3. The molecule has 0 unspecified atom stereocenters. The Kier molecular flexibility index (Phi) is 13.9. The molecule has 16 heteroatoms. The number of aliphatic carboxylic acids is 1. The topological polar surface area (TPSA) is 169 Å². The number of ether oxygens (including phenoxy) is 1. The third-order valence-electron chi connectivity index (χ3n) is 8.58. The maximum absolute atomic E-state index is 12.0. The van der Waals surface area contributed by atoms with Gasteiger partial charge in [-0.15, -0.1) is 46.2 Å². The number of aromatic nitrogens is 4. The fourth-order valence-corrected chi connectivity index (χ4v) is 9.07. The number of hydrogen-bond acceptors (Lipinski definition) is 14. The maximum atomic E-state index is 12.0. The van der Waals surface area contributed by atoms with Crippen LogP contribution in [-0.4, -0.2) is 59.1 Å². The first kappa shape index (κ1) is 43.4. The van der Waals surface area contributed by atoms with Gasteiger partial charge in [-0.05, 0) is 113 Å². The van der Waals surface area contributed by atoms with Crippen molar-refractivity contribution in [2.45, 2.75) is 47.0 Å². The average Bonchev–Trinajstić information content (AvgIpc) is 3.84. The molecule has 0 fully saturated rings. The molecule has 0 aliphatic carbocycles. The summed E-state index contributed by atoms with van der Waals surface area (Å²) in [6.07, 6.45) is 3.55. The number of anilines is 4. The number of fused-ring (bicyclic) bond motifs is 4. The van der Waals surface area contributed by atoms with Crippen molar-refractivity contribution in [3.63, 3.8) is 0 Å². The van der Waals surface area contributed by atoms with E-state index in [0.717, 1.165) is 74.8 Å². The molecule has 4 aromatic heterocycles. The molecule has 4 aromatic carbocycles. The molecular formula is C41H37LiN6O5S4. The molecule has 4 heterocycles. The Morgan fingerprint density at radius 1 is 0.632 bits per heavy atom. The van der Waals surface area contributed by atoms with Crippen molar-refractivity contribution in [1.29, 1.82) is 0 Å². The standard InChI is InChI=1S/C21H19N3O2S2.C20H17N3O2S2.Li.H2O/c1-21(2,20(25)26-3)28-14-5-6-16-15(11-14)17(8-9-22-16)24-13-4-7-19-18(10-13)23-12-27-19;1-20(2,19(24)25)27-13-4-5-15-14(10-13)16(7-8-21-15)23-12-3-6-18-17(9-12)22-11-26-18;;/h4-12H,1-3H3,(H,22,24);3-11H,1-2H3,(H,21,23)(H,24,25);;1H2/q;;+1;/p-1. The zero-order chi connectivity index (χ0) is 38.7. The van der Waals surface area contributed by atoms with Crippen LogP contribution in [0.15, 0.2) is 118 Å². The molecule has 0 amide bonds. The number of thiazole rings is 2. The number of pyridine rings is 2. The minimum Gasteiger partial charge on any atom is -0.870 e. The van der Waals surface area contributed by atoms with E-state index in [4.69, 9.17) is 4.74 Å². The van der Waals surface area contributed by atoms with E-state index in [1.807, 2.05) is 91.6 Å². The van der Waals surface area contributed by atoms with Crippen molar-refractivity contribution in [2.75, 3.05) is 17.7 Å². The molecule has 0 aliphatic rings. The molecular weight excluding hydrogens is 792 g/mol. The van der Waals surface area contributed by atoms with Crippen LogP contribution in [0.1, 0.15) is 27.7 Å². The van der Waals surface area contributed by atoms with Crippen LogP contribution >= 0.6 is 46.2 Å². The number of carboxylic acid groups (broad SMARTS) is 1. The van der Waals surface area contributed by atoms with E-state index in [-0.39, 0.29) is 30.3 Å². The van der Waals surface area contributed by atoms with E-state index in [1.54, 1.807) is 48.9 Å². The Labute approximate surface area is 357 Å². The van der Waals surface area contributed by atoms with Gasteiger partial charge in [0, 0.05) is 55.7 Å². The van der Waals surface area contributed by atoms with Crippen LogP contribution < -0.4 is 29.5 Å². The van der Waals surface area contributed by atoms with E-state index >= 15 is 0 Å². The van der Waals surface area contributed by atoms with Crippen LogP contribution in [0.2, 0.25) is 0 Å². The monoisotopic (exact) mass is 828 g/mol. The van der Waals surface area contributed by atoms with Gasteiger partial charge in [0.1, 0.15) is 9.49 Å². The molecule has 11 nitrogen and oxygen atoms in total. The molecule has 4 N–H and O–H groups in total. The van der Waals surface area contributed by atoms with E-state index in [2.05, 4.69) is 48.8 Å². The third kappa shape index (κ3) is 10.1. The number of thioether (sulfide) groups is 2. The molecule has 57 heavy (non-hydrogen) atoms. The van der Waals surface area contributed by atoms with Crippen LogP contribution in [0.3, 0.4) is 0 Å². The Balaban J connectivity index is 0.000000210. The zero-order valence-electron chi connectivity index (χ0n) is 31.9. The van der Waals surface area contributed by atoms with Crippen LogP contribution in [0, 0.1) is 0 Å². The van der Waals surface area contributed by atoms with Crippen molar-refractivity contribution in [1.82, 2.24) is 19.9 Å². The van der Waals surface area contributed by atoms with Gasteiger partial charge in [0.25, 0.3) is 0 Å². The second kappa shape index (κ2) is 18.2. The predicted molar refractivity (Wildman–Crippen MR) is 231 cm³/mol. The fraction of sp³-hybridized carbons (Fsp3) is 0.171. The van der Waals surface area contributed by atoms with Crippen molar-refractivity contribution >= 4 is 123 Å².